The lowest BCUT2D eigenvalue weighted by atomic mass is 9.92. The summed E-state index contributed by atoms with van der Waals surface area (Å²) < 4.78 is 0. The number of carbonyl (C=O) groups excluding carboxylic acids is 2. The number of likely N-dealkylation sites (tertiary alicyclic amines) is 1. The molecule has 1 fully saturated rings. The summed E-state index contributed by atoms with van der Waals surface area (Å²) in [6.45, 7) is 3.62. The first-order valence-electron chi connectivity index (χ1n) is 11.8. The number of rotatable bonds is 4. The summed E-state index contributed by atoms with van der Waals surface area (Å²) >= 11 is 7.42. The van der Waals surface area contributed by atoms with Crippen molar-refractivity contribution < 1.29 is 19.5 Å². The van der Waals surface area contributed by atoms with E-state index >= 15 is 0 Å². The number of fused-ring (bicyclic) bond motifs is 2. The van der Waals surface area contributed by atoms with Crippen LogP contribution in [0.5, 0.6) is 0 Å². The molecule has 4 heterocycles. The third-order valence-electron chi connectivity index (χ3n) is 6.93. The van der Waals surface area contributed by atoms with Gasteiger partial charge >= 0.3 is 6.09 Å². The first-order valence-corrected chi connectivity index (χ1v) is 13.0. The van der Waals surface area contributed by atoms with Gasteiger partial charge in [0, 0.05) is 46.9 Å². The Balaban J connectivity index is 0.00000320. The quantitative estimate of drug-likeness (QED) is 0.383. The number of thiazole rings is 1. The van der Waals surface area contributed by atoms with Crippen molar-refractivity contribution in [2.45, 2.75) is 44.4 Å². The molecule has 4 N–H and O–H groups in total. The van der Waals surface area contributed by atoms with Gasteiger partial charge in [-0.1, -0.05) is 11.6 Å². The van der Waals surface area contributed by atoms with Crippen LogP contribution < -0.4 is 10.6 Å². The Kier molecular flexibility index (Phi) is 7.98. The standard InChI is InChI=1S/C24H27ClN6O4S.ClH/c1-12-20(29-22(33)23-28-16-5-7-30(2)11-19(16)36-23)17(6-8-31(12)24(34)35)27-21(32)18-10-13-9-14(25)3-4-15(13)26-18;/h3-4,9-10,12,17,20,26H,5-8,11H2,1-2H3,(H,27,32)(H,29,33)(H,34,35);1H/t12?,17-,20-;/m0./s1. The van der Waals surface area contributed by atoms with Gasteiger partial charge in [-0.15, -0.1) is 23.7 Å². The topological polar surface area (TPSA) is 131 Å². The van der Waals surface area contributed by atoms with E-state index in [1.54, 1.807) is 31.2 Å². The van der Waals surface area contributed by atoms with Crippen LogP contribution in [0.4, 0.5) is 4.79 Å². The van der Waals surface area contributed by atoms with E-state index in [4.69, 9.17) is 11.6 Å². The average Bonchev–Trinajstić information content (AvgIpc) is 3.44. The van der Waals surface area contributed by atoms with Crippen molar-refractivity contribution in [1.82, 2.24) is 30.4 Å². The second-order valence-electron chi connectivity index (χ2n) is 9.38. The molecule has 0 saturated carbocycles. The van der Waals surface area contributed by atoms with Gasteiger partial charge in [0.05, 0.1) is 23.8 Å². The Morgan fingerprint density at radius 2 is 1.97 bits per heavy atom. The lowest BCUT2D eigenvalue weighted by molar-refractivity contribution is 0.0656. The third kappa shape index (κ3) is 5.54. The minimum atomic E-state index is -1.06. The number of hydrogen-bond donors (Lipinski definition) is 4. The summed E-state index contributed by atoms with van der Waals surface area (Å²) in [5.41, 5.74) is 2.08. The molecule has 0 bridgehead atoms. The van der Waals surface area contributed by atoms with Crippen LogP contribution in [0.25, 0.3) is 10.9 Å². The number of halogens is 2. The maximum absolute atomic E-state index is 13.2. The molecule has 1 saturated heterocycles. The lowest BCUT2D eigenvalue weighted by Gasteiger charge is -2.43. The number of hydrogen-bond acceptors (Lipinski definition) is 6. The lowest BCUT2D eigenvalue weighted by Crippen LogP contribution is -2.65. The Morgan fingerprint density at radius 3 is 2.73 bits per heavy atom. The van der Waals surface area contributed by atoms with E-state index in [0.717, 1.165) is 41.0 Å². The number of likely N-dealkylation sites (N-methyl/N-ethyl adjacent to an activating group) is 1. The molecule has 2 aliphatic heterocycles. The Labute approximate surface area is 228 Å². The van der Waals surface area contributed by atoms with Crippen molar-refractivity contribution >= 4 is 64.2 Å². The van der Waals surface area contributed by atoms with Crippen molar-refractivity contribution in [3.63, 3.8) is 0 Å². The van der Waals surface area contributed by atoms with E-state index in [2.05, 4.69) is 25.5 Å². The second-order valence-corrected chi connectivity index (χ2v) is 10.9. The van der Waals surface area contributed by atoms with Crippen LogP contribution >= 0.6 is 35.3 Å². The van der Waals surface area contributed by atoms with E-state index in [9.17, 15) is 19.5 Å². The molecule has 1 unspecified atom stereocenters. The SMILES string of the molecule is CC1[C@H](NC(=O)c2nc3c(s2)CN(C)CC3)[C@@H](NC(=O)c2cc3cc(Cl)ccc3[nH]2)CCN1C(=O)O.Cl. The number of aromatic nitrogens is 2. The smallest absolute Gasteiger partial charge is 0.407 e. The minimum absolute atomic E-state index is 0. The van der Waals surface area contributed by atoms with Gasteiger partial charge < -0.3 is 30.5 Å². The molecule has 2 aromatic heterocycles. The van der Waals surface area contributed by atoms with E-state index in [1.165, 1.54) is 16.2 Å². The van der Waals surface area contributed by atoms with Gasteiger partial charge in [0.25, 0.3) is 11.8 Å². The summed E-state index contributed by atoms with van der Waals surface area (Å²) in [6, 6.07) is 5.38. The molecular formula is C24H28Cl2N6O4S. The van der Waals surface area contributed by atoms with Gasteiger partial charge in [-0.05, 0) is 44.7 Å². The zero-order valence-electron chi connectivity index (χ0n) is 20.3. The average molecular weight is 567 g/mol. The molecule has 0 aliphatic carbocycles. The molecule has 10 nitrogen and oxygen atoms in total. The summed E-state index contributed by atoms with van der Waals surface area (Å²) in [6.07, 6.45) is 0.0848. The second kappa shape index (κ2) is 10.9. The van der Waals surface area contributed by atoms with Gasteiger partial charge in [-0.2, -0.15) is 0 Å². The van der Waals surface area contributed by atoms with Gasteiger partial charge in [0.1, 0.15) is 5.69 Å². The fourth-order valence-electron chi connectivity index (χ4n) is 4.95. The van der Waals surface area contributed by atoms with Crippen molar-refractivity contribution in [1.29, 1.82) is 0 Å². The van der Waals surface area contributed by atoms with Crippen molar-refractivity contribution in [2.75, 3.05) is 20.1 Å². The van der Waals surface area contributed by atoms with Crippen LogP contribution in [0.15, 0.2) is 24.3 Å². The first kappa shape index (κ1) is 27.2. The molecule has 0 radical (unpaired) electrons. The normalized spacial score (nSPS) is 21.7. The Hall–Kier alpha value is -2.86. The first-order chi connectivity index (χ1) is 17.2. The summed E-state index contributed by atoms with van der Waals surface area (Å²) in [4.78, 5) is 50.3. The number of carbonyl (C=O) groups is 3. The molecule has 5 rings (SSSR count). The number of nitrogens with zero attached hydrogens (tertiary/aromatic N) is 3. The summed E-state index contributed by atoms with van der Waals surface area (Å²) in [7, 11) is 2.03. The fourth-order valence-corrected chi connectivity index (χ4v) is 6.22. The highest BCUT2D eigenvalue weighted by Gasteiger charge is 2.40. The highest BCUT2D eigenvalue weighted by molar-refractivity contribution is 7.13. The largest absolute Gasteiger partial charge is 0.465 e. The zero-order chi connectivity index (χ0) is 25.6. The number of benzene rings is 1. The highest BCUT2D eigenvalue weighted by Crippen LogP contribution is 2.26. The van der Waals surface area contributed by atoms with Crippen molar-refractivity contribution in [2.24, 2.45) is 0 Å². The van der Waals surface area contributed by atoms with Crippen LogP contribution in [0, 0.1) is 0 Å². The van der Waals surface area contributed by atoms with Crippen LogP contribution in [0.3, 0.4) is 0 Å². The molecule has 3 atom stereocenters. The van der Waals surface area contributed by atoms with Crippen LogP contribution in [-0.4, -0.2) is 81.0 Å². The number of aromatic amines is 1. The molecule has 0 spiro atoms. The molecule has 13 heteroatoms. The van der Waals surface area contributed by atoms with Gasteiger partial charge in [0.15, 0.2) is 5.01 Å². The van der Waals surface area contributed by atoms with Crippen LogP contribution in [0.1, 0.15) is 44.2 Å². The fraction of sp³-hybridized carbons (Fsp3) is 0.417. The van der Waals surface area contributed by atoms with Crippen LogP contribution in [0.2, 0.25) is 5.02 Å². The molecule has 198 valence electrons. The predicted octanol–water partition coefficient (Wildman–Crippen LogP) is 3.36. The molecule has 1 aromatic carbocycles. The molecule has 3 amide bonds. The maximum Gasteiger partial charge on any atom is 0.407 e. The minimum Gasteiger partial charge on any atom is -0.465 e. The zero-order valence-corrected chi connectivity index (χ0v) is 22.7. The summed E-state index contributed by atoms with van der Waals surface area (Å²) in [5.74, 6) is -0.698. The maximum atomic E-state index is 13.2. The Morgan fingerprint density at radius 1 is 1.19 bits per heavy atom. The number of nitrogens with one attached hydrogen (secondary N) is 3. The van der Waals surface area contributed by atoms with Crippen molar-refractivity contribution in [3.8, 4) is 0 Å². The summed E-state index contributed by atoms with van der Waals surface area (Å²) in [5, 5.41) is 17.4. The Bertz CT molecular complexity index is 1340. The van der Waals surface area contributed by atoms with E-state index in [-0.39, 0.29) is 30.8 Å². The molecule has 37 heavy (non-hydrogen) atoms. The number of carboxylic acid groups (broad SMARTS) is 1. The molecular weight excluding hydrogens is 539 g/mol. The highest BCUT2D eigenvalue weighted by atomic mass is 35.5. The third-order valence-corrected chi connectivity index (χ3v) is 8.25. The molecule has 3 aromatic rings. The van der Waals surface area contributed by atoms with E-state index < -0.39 is 24.2 Å². The number of piperidine rings is 1. The number of H-pyrrole nitrogens is 1. The van der Waals surface area contributed by atoms with Crippen molar-refractivity contribution in [3.05, 3.63) is 50.6 Å². The van der Waals surface area contributed by atoms with E-state index in [1.807, 2.05) is 7.05 Å². The van der Waals surface area contributed by atoms with E-state index in [0.29, 0.717) is 22.1 Å². The van der Waals surface area contributed by atoms with Gasteiger partial charge in [-0.3, -0.25) is 9.59 Å². The molecule has 2 aliphatic rings. The predicted molar refractivity (Wildman–Crippen MR) is 144 cm³/mol. The van der Waals surface area contributed by atoms with Gasteiger partial charge in [-0.25, -0.2) is 9.78 Å². The number of amides is 3. The monoisotopic (exact) mass is 566 g/mol. The van der Waals surface area contributed by atoms with Crippen LogP contribution in [-0.2, 0) is 13.0 Å². The van der Waals surface area contributed by atoms with Gasteiger partial charge in [0.2, 0.25) is 0 Å².